The molecule has 0 aromatic rings. The maximum Gasteiger partial charge on any atom is 1.00 e. The van der Waals surface area contributed by atoms with Gasteiger partial charge in [0, 0.05) is 0 Å². The number of hydrogen-bond donors (Lipinski definition) is 0. The Morgan fingerprint density at radius 3 is 2.08 bits per heavy atom. The quantitative estimate of drug-likeness (QED) is 0.271. The van der Waals surface area contributed by atoms with Crippen molar-refractivity contribution in [3.63, 3.8) is 0 Å². The van der Waals surface area contributed by atoms with Crippen LogP contribution in [0.4, 0.5) is 13.4 Å². The summed E-state index contributed by atoms with van der Waals surface area (Å²) in [5.41, 5.74) is 0. The maximum atomic E-state index is 11.4. The smallest absolute Gasteiger partial charge is 1.00 e. The average molecular weight is 194 g/mol. The van der Waals surface area contributed by atoms with Crippen LogP contribution >= 0.6 is 0 Å². The fourth-order valence-electron chi connectivity index (χ4n) is 0.313. The SMILES string of the molecule is O=C(F)CC(=O)OB(OF)OF.[H-].[Li+]. The van der Waals surface area contributed by atoms with Crippen molar-refractivity contribution in [3.8, 4) is 0 Å². The summed E-state index contributed by atoms with van der Waals surface area (Å²) in [7, 11) is -2.53. The molecule has 0 aliphatic carbocycles. The summed E-state index contributed by atoms with van der Waals surface area (Å²) >= 11 is 0. The molecule has 0 unspecified atom stereocenters. The van der Waals surface area contributed by atoms with Crippen LogP contribution in [0, 0.1) is 0 Å². The Morgan fingerprint density at radius 2 is 1.77 bits per heavy atom. The molecule has 0 N–H and O–H groups in total. The molecule has 0 aromatic carbocycles. The molecule has 0 aromatic heterocycles. The van der Waals surface area contributed by atoms with Gasteiger partial charge in [0.05, 0.1) is 0 Å². The fraction of sp³-hybridized carbons (Fsp3) is 0.333. The molecule has 0 spiro atoms. The van der Waals surface area contributed by atoms with Crippen molar-refractivity contribution < 1.29 is 57.7 Å². The van der Waals surface area contributed by atoms with Crippen molar-refractivity contribution in [2.45, 2.75) is 6.42 Å². The van der Waals surface area contributed by atoms with Crippen LogP contribution in [-0.2, 0) is 24.0 Å². The van der Waals surface area contributed by atoms with Crippen LogP contribution in [0.15, 0.2) is 0 Å². The van der Waals surface area contributed by atoms with Gasteiger partial charge in [0.2, 0.25) is 0 Å². The average Bonchev–Trinajstić information content (AvgIpc) is 1.98. The van der Waals surface area contributed by atoms with Gasteiger partial charge in [-0.25, -0.2) is 0 Å². The van der Waals surface area contributed by atoms with E-state index >= 15 is 0 Å². The molecule has 0 amide bonds. The van der Waals surface area contributed by atoms with Crippen molar-refractivity contribution in [1.82, 2.24) is 0 Å². The number of carbonyl (C=O) groups is 2. The minimum Gasteiger partial charge on any atom is -1.00 e. The Hall–Kier alpha value is -0.488. The molecular formula is C3H3BF3LiO5. The van der Waals surface area contributed by atoms with E-state index < -0.39 is 25.7 Å². The first-order valence-corrected chi connectivity index (χ1v) is 2.52. The van der Waals surface area contributed by atoms with E-state index in [1.165, 1.54) is 0 Å². The molecule has 0 aliphatic rings. The molecule has 0 rings (SSSR count). The summed E-state index contributed by atoms with van der Waals surface area (Å²) < 4.78 is 37.0. The van der Waals surface area contributed by atoms with Gasteiger partial charge in [0.25, 0.3) is 0 Å². The molecule has 70 valence electrons. The maximum absolute atomic E-state index is 11.4. The predicted molar refractivity (Wildman–Crippen MR) is 28.1 cm³/mol. The van der Waals surface area contributed by atoms with E-state index in [0.717, 1.165) is 0 Å². The summed E-state index contributed by atoms with van der Waals surface area (Å²) in [6.45, 7) is 0. The molecular weight excluding hydrogens is 191 g/mol. The van der Waals surface area contributed by atoms with Crippen LogP contribution in [-0.4, -0.2) is 19.3 Å². The molecule has 0 fully saturated rings. The first-order valence-electron chi connectivity index (χ1n) is 2.52. The summed E-state index contributed by atoms with van der Waals surface area (Å²) in [6, 6.07) is -2.00. The zero-order valence-corrected chi connectivity index (χ0v) is 6.46. The molecule has 13 heavy (non-hydrogen) atoms. The van der Waals surface area contributed by atoms with Gasteiger partial charge in [-0.2, -0.15) is 14.1 Å². The van der Waals surface area contributed by atoms with Crippen LogP contribution in [0.3, 0.4) is 0 Å². The van der Waals surface area contributed by atoms with Crippen molar-refractivity contribution in [1.29, 1.82) is 0 Å². The largest absolute Gasteiger partial charge is 1.00 e. The Labute approximate surface area is 84.1 Å². The Kier molecular flexibility index (Phi) is 9.38. The van der Waals surface area contributed by atoms with E-state index in [1.807, 2.05) is 0 Å². The second-order valence-electron chi connectivity index (χ2n) is 1.49. The second-order valence-corrected chi connectivity index (χ2v) is 1.49. The van der Waals surface area contributed by atoms with Crippen molar-refractivity contribution >= 4 is 19.3 Å². The van der Waals surface area contributed by atoms with E-state index in [4.69, 9.17) is 0 Å². The van der Waals surface area contributed by atoms with Crippen LogP contribution in [0.5, 0.6) is 0 Å². The van der Waals surface area contributed by atoms with Gasteiger partial charge in [0.1, 0.15) is 6.42 Å². The Morgan fingerprint density at radius 1 is 1.31 bits per heavy atom. The zero-order valence-electron chi connectivity index (χ0n) is 7.46. The second kappa shape index (κ2) is 8.13. The third kappa shape index (κ3) is 7.86. The van der Waals surface area contributed by atoms with Crippen molar-refractivity contribution in [2.24, 2.45) is 0 Å². The van der Waals surface area contributed by atoms with Crippen LogP contribution in [0.2, 0.25) is 0 Å². The summed E-state index contributed by atoms with van der Waals surface area (Å²) in [6.07, 6.45) is -1.26. The van der Waals surface area contributed by atoms with Gasteiger partial charge < -0.3 is 6.08 Å². The number of rotatable bonds is 5. The van der Waals surface area contributed by atoms with Crippen LogP contribution < -0.4 is 18.9 Å². The van der Waals surface area contributed by atoms with Crippen LogP contribution in [0.1, 0.15) is 7.85 Å². The first kappa shape index (κ1) is 15.0. The fourth-order valence-corrected chi connectivity index (χ4v) is 0.313. The van der Waals surface area contributed by atoms with Crippen molar-refractivity contribution in [2.75, 3.05) is 0 Å². The zero-order chi connectivity index (χ0) is 9.56. The minimum atomic E-state index is -2.53. The van der Waals surface area contributed by atoms with E-state index in [1.54, 1.807) is 0 Å². The van der Waals surface area contributed by atoms with Gasteiger partial charge in [0.15, 0.2) is 0 Å². The van der Waals surface area contributed by atoms with Gasteiger partial charge in [-0.3, -0.25) is 9.59 Å². The molecule has 10 heteroatoms. The van der Waals surface area contributed by atoms with E-state index in [-0.39, 0.29) is 20.3 Å². The molecule has 0 saturated heterocycles. The van der Waals surface area contributed by atoms with Gasteiger partial charge in [-0.05, 0) is 0 Å². The molecule has 0 aliphatic heterocycles. The molecule has 0 heterocycles. The Balaban J connectivity index is -0.000000605. The normalized spacial score (nSPS) is 8.54. The molecule has 0 radical (unpaired) electrons. The summed E-state index contributed by atoms with van der Waals surface area (Å²) in [5.74, 6) is -1.51. The minimum absolute atomic E-state index is 0. The number of halogens is 3. The van der Waals surface area contributed by atoms with E-state index in [0.29, 0.717) is 0 Å². The summed E-state index contributed by atoms with van der Waals surface area (Å²) in [5, 5.41) is 0. The van der Waals surface area contributed by atoms with Crippen LogP contribution in [0.25, 0.3) is 0 Å². The van der Waals surface area contributed by atoms with Gasteiger partial charge in [-0.15, -0.1) is 0 Å². The first-order chi connectivity index (χ1) is 5.60. The van der Waals surface area contributed by atoms with Crippen molar-refractivity contribution in [3.05, 3.63) is 0 Å². The number of hydrogen-bond acceptors (Lipinski definition) is 5. The number of carbonyl (C=O) groups excluding carboxylic acids is 2. The monoisotopic (exact) mass is 194 g/mol. The van der Waals surface area contributed by atoms with Gasteiger partial charge in [-0.1, -0.05) is 9.05 Å². The molecule has 0 atom stereocenters. The molecule has 0 saturated carbocycles. The predicted octanol–water partition coefficient (Wildman–Crippen LogP) is -2.68. The third-order valence-corrected chi connectivity index (χ3v) is 0.656. The Bertz CT molecular complexity index is 182. The third-order valence-electron chi connectivity index (χ3n) is 0.656. The van der Waals surface area contributed by atoms with E-state index in [2.05, 4.69) is 14.4 Å². The molecule has 0 bridgehead atoms. The van der Waals surface area contributed by atoms with Gasteiger partial charge >= 0.3 is 38.2 Å². The van der Waals surface area contributed by atoms with E-state index in [9.17, 15) is 23.0 Å². The topological polar surface area (TPSA) is 61.8 Å². The summed E-state index contributed by atoms with van der Waals surface area (Å²) in [4.78, 5) is 24.9. The molecule has 5 nitrogen and oxygen atoms in total. The standard InChI is InChI=1S/C3H2BF3O5.Li.H/c5-2(8)1-3(9)10-4(11-6)12-7;;/h1H2;;/q;+1;-1.